The standard InChI is InChI=1S/C13H13NO6/c1-8(14(17)18)6-9-4-5-10(12(15)19-2)11(7-9)13(16)20-3/h4-7H,1-3H3. The first kappa shape index (κ1) is 15.4. The summed E-state index contributed by atoms with van der Waals surface area (Å²) in [6.45, 7) is 1.33. The van der Waals surface area contributed by atoms with Crippen molar-refractivity contribution in [2.24, 2.45) is 0 Å². The van der Waals surface area contributed by atoms with Gasteiger partial charge in [0.2, 0.25) is 5.70 Å². The van der Waals surface area contributed by atoms with Crippen LogP contribution < -0.4 is 0 Å². The van der Waals surface area contributed by atoms with Crippen LogP contribution in [0.15, 0.2) is 23.9 Å². The fourth-order valence-electron chi connectivity index (χ4n) is 1.51. The summed E-state index contributed by atoms with van der Waals surface area (Å²) in [6, 6.07) is 4.17. The van der Waals surface area contributed by atoms with Crippen molar-refractivity contribution in [1.29, 1.82) is 0 Å². The lowest BCUT2D eigenvalue weighted by atomic mass is 10.0. The topological polar surface area (TPSA) is 95.7 Å². The van der Waals surface area contributed by atoms with Gasteiger partial charge in [-0.15, -0.1) is 0 Å². The molecule has 0 aliphatic carbocycles. The quantitative estimate of drug-likeness (QED) is 0.474. The van der Waals surface area contributed by atoms with Crippen molar-refractivity contribution in [2.45, 2.75) is 6.92 Å². The zero-order valence-electron chi connectivity index (χ0n) is 11.2. The van der Waals surface area contributed by atoms with Gasteiger partial charge < -0.3 is 9.47 Å². The van der Waals surface area contributed by atoms with E-state index in [0.29, 0.717) is 5.56 Å². The maximum atomic E-state index is 11.6. The summed E-state index contributed by atoms with van der Waals surface area (Å²) in [4.78, 5) is 33.2. The minimum absolute atomic E-state index is 0.00996. The third-order valence-electron chi connectivity index (χ3n) is 2.52. The SMILES string of the molecule is COC(=O)c1ccc(C=C(C)[N+](=O)[O-])cc1C(=O)OC. The molecule has 0 aromatic heterocycles. The van der Waals surface area contributed by atoms with Gasteiger partial charge >= 0.3 is 11.9 Å². The average Bonchev–Trinajstić information content (AvgIpc) is 2.45. The lowest BCUT2D eigenvalue weighted by molar-refractivity contribution is -0.422. The number of hydrogen-bond acceptors (Lipinski definition) is 6. The summed E-state index contributed by atoms with van der Waals surface area (Å²) < 4.78 is 9.14. The molecule has 7 heteroatoms. The number of allylic oxidation sites excluding steroid dienone is 1. The molecule has 0 heterocycles. The maximum absolute atomic E-state index is 11.6. The molecule has 0 atom stereocenters. The highest BCUT2D eigenvalue weighted by atomic mass is 16.6. The number of methoxy groups -OCH3 is 2. The molecular formula is C13H13NO6. The molecule has 0 N–H and O–H groups in total. The zero-order chi connectivity index (χ0) is 15.3. The molecule has 7 nitrogen and oxygen atoms in total. The van der Waals surface area contributed by atoms with Crippen LogP contribution in [-0.2, 0) is 9.47 Å². The summed E-state index contributed by atoms with van der Waals surface area (Å²) in [5.41, 5.74) is 0.346. The van der Waals surface area contributed by atoms with Crippen LogP contribution in [0.1, 0.15) is 33.2 Å². The molecule has 0 radical (unpaired) electrons. The number of nitrogens with zero attached hydrogens (tertiary/aromatic N) is 1. The van der Waals surface area contributed by atoms with Gasteiger partial charge in [0, 0.05) is 13.0 Å². The Balaban J connectivity index is 3.35. The van der Waals surface area contributed by atoms with E-state index in [1.54, 1.807) is 0 Å². The predicted molar refractivity (Wildman–Crippen MR) is 69.8 cm³/mol. The molecule has 0 bridgehead atoms. The van der Waals surface area contributed by atoms with Gasteiger partial charge in [-0.25, -0.2) is 9.59 Å². The summed E-state index contributed by atoms with van der Waals surface area (Å²) >= 11 is 0. The maximum Gasteiger partial charge on any atom is 0.338 e. The third kappa shape index (κ3) is 3.41. The first-order valence-corrected chi connectivity index (χ1v) is 5.54. The smallest absolute Gasteiger partial charge is 0.338 e. The molecule has 0 aliphatic heterocycles. The summed E-state index contributed by atoms with van der Waals surface area (Å²) in [7, 11) is 2.36. The first-order chi connectivity index (χ1) is 9.40. The van der Waals surface area contributed by atoms with Crippen LogP contribution in [0.2, 0.25) is 0 Å². The molecule has 0 amide bonds. The Bertz CT molecular complexity index is 591. The van der Waals surface area contributed by atoms with Crippen molar-refractivity contribution in [3.05, 3.63) is 50.7 Å². The van der Waals surface area contributed by atoms with Crippen LogP contribution in [0.25, 0.3) is 6.08 Å². The van der Waals surface area contributed by atoms with Crippen LogP contribution in [0.3, 0.4) is 0 Å². The lowest BCUT2D eigenvalue weighted by Gasteiger charge is -2.07. The number of nitro groups is 1. The molecule has 106 valence electrons. The number of esters is 2. The minimum Gasteiger partial charge on any atom is -0.465 e. The Hall–Kier alpha value is -2.70. The van der Waals surface area contributed by atoms with Gasteiger partial charge in [-0.2, -0.15) is 0 Å². The van der Waals surface area contributed by atoms with Crippen molar-refractivity contribution in [2.75, 3.05) is 14.2 Å². The highest BCUT2D eigenvalue weighted by molar-refractivity contribution is 6.03. The van der Waals surface area contributed by atoms with Crippen molar-refractivity contribution in [3.63, 3.8) is 0 Å². The lowest BCUT2D eigenvalue weighted by Crippen LogP contribution is -2.12. The number of rotatable bonds is 4. The van der Waals surface area contributed by atoms with E-state index >= 15 is 0 Å². The second-order valence-corrected chi connectivity index (χ2v) is 3.83. The molecular weight excluding hydrogens is 266 g/mol. The molecule has 0 saturated carbocycles. The van der Waals surface area contributed by atoms with Gasteiger partial charge in [-0.3, -0.25) is 10.1 Å². The van der Waals surface area contributed by atoms with Crippen molar-refractivity contribution in [3.8, 4) is 0 Å². The van der Waals surface area contributed by atoms with Gasteiger partial charge in [0.15, 0.2) is 0 Å². The normalized spacial score (nSPS) is 10.8. The summed E-state index contributed by atoms with van der Waals surface area (Å²) in [5.74, 6) is -1.41. The second-order valence-electron chi connectivity index (χ2n) is 3.83. The minimum atomic E-state index is -0.723. The van der Waals surface area contributed by atoms with E-state index in [2.05, 4.69) is 9.47 Å². The van der Waals surface area contributed by atoms with Gasteiger partial charge in [-0.05, 0) is 17.7 Å². The molecule has 1 rings (SSSR count). The molecule has 20 heavy (non-hydrogen) atoms. The Labute approximate surface area is 114 Å². The third-order valence-corrected chi connectivity index (χ3v) is 2.52. The largest absolute Gasteiger partial charge is 0.465 e. The molecule has 0 fully saturated rings. The Morgan fingerprint density at radius 3 is 2.20 bits per heavy atom. The Morgan fingerprint density at radius 1 is 1.15 bits per heavy atom. The van der Waals surface area contributed by atoms with E-state index in [1.165, 1.54) is 45.4 Å². The van der Waals surface area contributed by atoms with E-state index < -0.39 is 16.9 Å². The van der Waals surface area contributed by atoms with Crippen LogP contribution >= 0.6 is 0 Å². The van der Waals surface area contributed by atoms with Crippen LogP contribution in [-0.4, -0.2) is 31.1 Å². The van der Waals surface area contributed by atoms with E-state index in [9.17, 15) is 19.7 Å². The highest BCUT2D eigenvalue weighted by Crippen LogP contribution is 2.17. The van der Waals surface area contributed by atoms with Crippen molar-refractivity contribution in [1.82, 2.24) is 0 Å². The molecule has 0 unspecified atom stereocenters. The van der Waals surface area contributed by atoms with E-state index in [-0.39, 0.29) is 16.8 Å². The average molecular weight is 279 g/mol. The first-order valence-electron chi connectivity index (χ1n) is 5.54. The molecule has 1 aromatic rings. The fourth-order valence-corrected chi connectivity index (χ4v) is 1.51. The van der Waals surface area contributed by atoms with Gasteiger partial charge in [-0.1, -0.05) is 6.07 Å². The summed E-state index contributed by atoms with van der Waals surface area (Å²) in [5, 5.41) is 10.6. The van der Waals surface area contributed by atoms with Crippen molar-refractivity contribution < 1.29 is 24.0 Å². The number of ether oxygens (including phenoxy) is 2. The number of carbonyl (C=O) groups excluding carboxylic acids is 2. The van der Waals surface area contributed by atoms with Gasteiger partial charge in [0.25, 0.3) is 0 Å². The number of hydrogen-bond donors (Lipinski definition) is 0. The number of carbonyl (C=O) groups is 2. The van der Waals surface area contributed by atoms with E-state index in [0.717, 1.165) is 0 Å². The zero-order valence-corrected chi connectivity index (χ0v) is 11.2. The van der Waals surface area contributed by atoms with Gasteiger partial charge in [0.05, 0.1) is 30.3 Å². The second kappa shape index (κ2) is 6.46. The monoisotopic (exact) mass is 279 g/mol. The Kier molecular flexibility index (Phi) is 4.96. The fraction of sp³-hybridized carbons (Fsp3) is 0.231. The predicted octanol–water partition coefficient (Wildman–Crippen LogP) is 1.90. The van der Waals surface area contributed by atoms with Crippen LogP contribution in [0.4, 0.5) is 0 Å². The highest BCUT2D eigenvalue weighted by Gasteiger charge is 2.18. The van der Waals surface area contributed by atoms with Crippen molar-refractivity contribution >= 4 is 18.0 Å². The van der Waals surface area contributed by atoms with Crippen LogP contribution in [0, 0.1) is 10.1 Å². The van der Waals surface area contributed by atoms with E-state index in [4.69, 9.17) is 0 Å². The van der Waals surface area contributed by atoms with Crippen LogP contribution in [0.5, 0.6) is 0 Å². The molecule has 0 aliphatic rings. The molecule has 0 saturated heterocycles. The summed E-state index contributed by atoms with van der Waals surface area (Å²) in [6.07, 6.45) is 1.29. The Morgan fingerprint density at radius 2 is 1.70 bits per heavy atom. The molecule has 1 aromatic carbocycles. The van der Waals surface area contributed by atoms with E-state index in [1.807, 2.05) is 0 Å². The van der Waals surface area contributed by atoms with Gasteiger partial charge in [0.1, 0.15) is 0 Å². The molecule has 0 spiro atoms. The number of benzene rings is 1.